The van der Waals surface area contributed by atoms with Crippen LogP contribution in [-0.4, -0.2) is 23.0 Å². The molecule has 0 saturated carbocycles. The first-order chi connectivity index (χ1) is 8.52. The zero-order valence-electron chi connectivity index (χ0n) is 9.61. The molecule has 2 heterocycles. The number of aromatic nitrogens is 2. The summed E-state index contributed by atoms with van der Waals surface area (Å²) >= 11 is 10.1. The predicted molar refractivity (Wildman–Crippen MR) is 76.5 cm³/mol. The quantitative estimate of drug-likeness (QED) is 0.666. The maximum absolute atomic E-state index is 11.6. The van der Waals surface area contributed by atoms with Crippen molar-refractivity contribution in [2.75, 3.05) is 7.11 Å². The fourth-order valence-corrected chi connectivity index (χ4v) is 2.97. The lowest BCUT2D eigenvalue weighted by atomic mass is 10.2. The van der Waals surface area contributed by atoms with Gasteiger partial charge in [0, 0.05) is 16.6 Å². The molecule has 0 atom stereocenters. The molecule has 0 bridgehead atoms. The Morgan fingerprint density at radius 2 is 2.33 bits per heavy atom. The molecule has 0 aliphatic carbocycles. The van der Waals surface area contributed by atoms with Crippen LogP contribution in [0.5, 0.6) is 0 Å². The van der Waals surface area contributed by atoms with Gasteiger partial charge in [-0.2, -0.15) is 0 Å². The molecular formula is C11H9BrN2O2S2. The minimum absolute atomic E-state index is 0.246. The zero-order chi connectivity index (χ0) is 13.3. The molecule has 4 nitrogen and oxygen atoms in total. The first kappa shape index (κ1) is 13.4. The lowest BCUT2D eigenvalue weighted by Crippen LogP contribution is -2.08. The highest BCUT2D eigenvalue weighted by atomic mass is 79.9. The van der Waals surface area contributed by atoms with Crippen LogP contribution in [0, 0.1) is 11.6 Å². The summed E-state index contributed by atoms with van der Waals surface area (Å²) in [4.78, 5) is 18.9. The maximum Gasteiger partial charge on any atom is 0.342 e. The molecule has 18 heavy (non-hydrogen) atoms. The molecule has 0 aromatic carbocycles. The van der Waals surface area contributed by atoms with Gasteiger partial charge in [-0.15, -0.1) is 11.3 Å². The van der Waals surface area contributed by atoms with E-state index in [0.29, 0.717) is 17.1 Å². The topological polar surface area (TPSA) is 55.0 Å². The van der Waals surface area contributed by atoms with E-state index in [4.69, 9.17) is 12.2 Å². The number of methoxy groups -OCH3 is 1. The third kappa shape index (κ3) is 2.52. The largest absolute Gasteiger partial charge is 0.465 e. The van der Waals surface area contributed by atoms with E-state index in [2.05, 4.69) is 30.6 Å². The van der Waals surface area contributed by atoms with Crippen LogP contribution < -0.4 is 0 Å². The molecule has 0 amide bonds. The average molecular weight is 345 g/mol. The van der Waals surface area contributed by atoms with Gasteiger partial charge in [-0.25, -0.2) is 9.78 Å². The third-order valence-corrected chi connectivity index (χ3v) is 4.14. The van der Waals surface area contributed by atoms with Gasteiger partial charge < -0.3 is 9.72 Å². The highest BCUT2D eigenvalue weighted by molar-refractivity contribution is 9.11. The second-order valence-electron chi connectivity index (χ2n) is 3.52. The van der Waals surface area contributed by atoms with Crippen molar-refractivity contribution in [3.63, 3.8) is 0 Å². The molecule has 0 aliphatic heterocycles. The Bertz CT molecular complexity index is 663. The summed E-state index contributed by atoms with van der Waals surface area (Å²) in [5, 5.41) is 1.95. The summed E-state index contributed by atoms with van der Waals surface area (Å²) in [5.41, 5.74) is 1.89. The van der Waals surface area contributed by atoms with Crippen molar-refractivity contribution < 1.29 is 9.53 Å². The molecular weight excluding hydrogens is 336 g/mol. The summed E-state index contributed by atoms with van der Waals surface area (Å²) in [5.74, 6) is 0.173. The van der Waals surface area contributed by atoms with Crippen LogP contribution in [0.25, 0.3) is 11.4 Å². The molecule has 2 aromatic heterocycles. The van der Waals surface area contributed by atoms with E-state index in [1.165, 1.54) is 7.11 Å². The molecule has 2 aromatic rings. The number of carbonyl (C=O) groups excluding carboxylic acids is 1. The number of hydrogen-bond donors (Lipinski definition) is 1. The minimum atomic E-state index is -0.473. The Morgan fingerprint density at radius 3 is 2.83 bits per heavy atom. The fraction of sp³-hybridized carbons (Fsp3) is 0.182. The highest BCUT2D eigenvalue weighted by Crippen LogP contribution is 2.27. The Balaban J connectivity index is 2.56. The van der Waals surface area contributed by atoms with Crippen LogP contribution >= 0.6 is 39.5 Å². The van der Waals surface area contributed by atoms with Gasteiger partial charge in [0.15, 0.2) is 0 Å². The normalized spacial score (nSPS) is 10.4. The predicted octanol–water partition coefficient (Wildman–Crippen LogP) is 3.73. The van der Waals surface area contributed by atoms with Crippen LogP contribution in [0.3, 0.4) is 0 Å². The minimum Gasteiger partial charge on any atom is -0.465 e. The first-order valence-electron chi connectivity index (χ1n) is 4.96. The van der Waals surface area contributed by atoms with Gasteiger partial charge in [0.1, 0.15) is 16.0 Å². The summed E-state index contributed by atoms with van der Waals surface area (Å²) in [6.07, 6.45) is 0. The van der Waals surface area contributed by atoms with Crippen LogP contribution in [0.15, 0.2) is 15.2 Å². The van der Waals surface area contributed by atoms with Gasteiger partial charge in [-0.3, -0.25) is 0 Å². The standard InChI is InChI=1S/C11H9BrN2O2S2/c1-5-8(11(15)16-2)10(17)14-9(13-5)6-3-7(12)18-4-6/h3-4H,1-2H3,(H,13,14,17). The van der Waals surface area contributed by atoms with Crippen LogP contribution in [0.4, 0.5) is 0 Å². The summed E-state index contributed by atoms with van der Waals surface area (Å²) in [6.45, 7) is 1.77. The van der Waals surface area contributed by atoms with Gasteiger partial charge in [0.2, 0.25) is 0 Å². The number of H-pyrrole nitrogens is 1. The number of esters is 1. The number of hydrogen-bond acceptors (Lipinski definition) is 5. The lowest BCUT2D eigenvalue weighted by Gasteiger charge is -2.06. The number of nitrogens with zero attached hydrogens (tertiary/aromatic N) is 1. The molecule has 0 radical (unpaired) electrons. The van der Waals surface area contributed by atoms with Crippen molar-refractivity contribution in [1.29, 1.82) is 0 Å². The van der Waals surface area contributed by atoms with E-state index in [0.717, 1.165) is 9.35 Å². The van der Waals surface area contributed by atoms with Crippen molar-refractivity contribution in [2.45, 2.75) is 6.92 Å². The number of nitrogens with one attached hydrogen (secondary N) is 1. The number of thiophene rings is 1. The highest BCUT2D eigenvalue weighted by Gasteiger charge is 2.15. The molecule has 0 aliphatic rings. The second kappa shape index (κ2) is 5.29. The zero-order valence-corrected chi connectivity index (χ0v) is 12.8. The van der Waals surface area contributed by atoms with Crippen LogP contribution in [0.1, 0.15) is 16.1 Å². The summed E-state index contributed by atoms with van der Waals surface area (Å²) in [7, 11) is 1.32. The van der Waals surface area contributed by atoms with E-state index in [1.54, 1.807) is 18.3 Å². The lowest BCUT2D eigenvalue weighted by molar-refractivity contribution is 0.0598. The Labute approximate surface area is 121 Å². The number of aryl methyl sites for hydroxylation is 1. The molecule has 7 heteroatoms. The fourth-order valence-electron chi connectivity index (χ4n) is 1.50. The summed E-state index contributed by atoms with van der Waals surface area (Å²) < 4.78 is 5.93. The SMILES string of the molecule is COC(=O)c1c(C)[nH]c(-c2csc(Br)c2)nc1=S. The van der Waals surface area contributed by atoms with Crippen LogP contribution in [0.2, 0.25) is 0 Å². The van der Waals surface area contributed by atoms with Crippen LogP contribution in [-0.2, 0) is 4.74 Å². The molecule has 0 spiro atoms. The Morgan fingerprint density at radius 1 is 1.61 bits per heavy atom. The molecule has 0 saturated heterocycles. The number of halogens is 1. The van der Waals surface area contributed by atoms with E-state index >= 15 is 0 Å². The van der Waals surface area contributed by atoms with E-state index in [-0.39, 0.29) is 4.64 Å². The van der Waals surface area contributed by atoms with Gasteiger partial charge in [-0.1, -0.05) is 12.2 Å². The van der Waals surface area contributed by atoms with Crippen molar-refractivity contribution in [3.8, 4) is 11.4 Å². The number of aromatic amines is 1. The number of rotatable bonds is 2. The van der Waals surface area contributed by atoms with E-state index in [9.17, 15) is 4.79 Å². The Hall–Kier alpha value is -1.05. The van der Waals surface area contributed by atoms with E-state index in [1.807, 2.05) is 11.4 Å². The van der Waals surface area contributed by atoms with Gasteiger partial charge in [0.25, 0.3) is 0 Å². The van der Waals surface area contributed by atoms with Crippen molar-refractivity contribution in [1.82, 2.24) is 9.97 Å². The Kier molecular flexibility index (Phi) is 3.94. The number of carbonyl (C=O) groups is 1. The van der Waals surface area contributed by atoms with Crippen molar-refractivity contribution in [2.24, 2.45) is 0 Å². The van der Waals surface area contributed by atoms with Crippen molar-refractivity contribution in [3.05, 3.63) is 31.1 Å². The van der Waals surface area contributed by atoms with E-state index < -0.39 is 5.97 Å². The smallest absolute Gasteiger partial charge is 0.342 e. The molecule has 94 valence electrons. The maximum atomic E-state index is 11.6. The third-order valence-electron chi connectivity index (χ3n) is 2.34. The summed E-state index contributed by atoms with van der Waals surface area (Å²) in [6, 6.07) is 1.94. The monoisotopic (exact) mass is 344 g/mol. The van der Waals surface area contributed by atoms with Gasteiger partial charge >= 0.3 is 5.97 Å². The van der Waals surface area contributed by atoms with Crippen molar-refractivity contribution >= 4 is 45.5 Å². The molecule has 0 unspecified atom stereocenters. The molecule has 1 N–H and O–H groups in total. The second-order valence-corrected chi connectivity index (χ2v) is 6.20. The number of ether oxygens (including phenoxy) is 1. The van der Waals surface area contributed by atoms with Gasteiger partial charge in [-0.05, 0) is 28.9 Å². The molecule has 0 fully saturated rings. The average Bonchev–Trinajstić information content (AvgIpc) is 2.74. The molecule has 2 rings (SSSR count). The first-order valence-corrected chi connectivity index (χ1v) is 7.04. The van der Waals surface area contributed by atoms with Gasteiger partial charge in [0.05, 0.1) is 10.9 Å².